The van der Waals surface area contributed by atoms with E-state index in [1.165, 1.54) is 0 Å². The fraction of sp³-hybridized carbons (Fsp3) is 0.444. The van der Waals surface area contributed by atoms with Crippen molar-refractivity contribution in [3.8, 4) is 5.82 Å². The lowest BCUT2D eigenvalue weighted by Crippen LogP contribution is -2.38. The summed E-state index contributed by atoms with van der Waals surface area (Å²) in [6.07, 6.45) is 4.71. The lowest BCUT2D eigenvalue weighted by Gasteiger charge is -2.30. The second kappa shape index (κ2) is 7.26. The summed E-state index contributed by atoms with van der Waals surface area (Å²) in [4.78, 5) is 23.6. The van der Waals surface area contributed by atoms with Gasteiger partial charge in [0.15, 0.2) is 5.82 Å². The van der Waals surface area contributed by atoms with Crippen LogP contribution in [0, 0.1) is 0 Å². The quantitative estimate of drug-likeness (QED) is 0.696. The topological polar surface area (TPSA) is 103 Å². The van der Waals surface area contributed by atoms with Crippen LogP contribution in [0.2, 0.25) is 0 Å². The zero-order chi connectivity index (χ0) is 18.8. The summed E-state index contributed by atoms with van der Waals surface area (Å²) in [7, 11) is 0. The molecular formula is C18H21N7O2. The summed E-state index contributed by atoms with van der Waals surface area (Å²) in [6, 6.07) is 5.36. The minimum absolute atomic E-state index is 0.0724. The maximum Gasteiger partial charge on any atom is 0.272 e. The first-order valence-corrected chi connectivity index (χ1v) is 9.06. The molecule has 9 nitrogen and oxygen atoms in total. The molecule has 1 saturated heterocycles. The van der Waals surface area contributed by atoms with Crippen molar-refractivity contribution in [3.05, 3.63) is 48.3 Å². The van der Waals surface area contributed by atoms with Crippen LogP contribution in [-0.2, 0) is 0 Å². The number of nitrogens with zero attached hydrogens (tertiary/aromatic N) is 7. The maximum atomic E-state index is 12.8. The Balaban J connectivity index is 1.42. The number of rotatable bonds is 4. The van der Waals surface area contributed by atoms with Gasteiger partial charge >= 0.3 is 0 Å². The molecule has 0 bridgehead atoms. The van der Waals surface area contributed by atoms with Gasteiger partial charge in [0.25, 0.3) is 5.91 Å². The molecule has 1 aliphatic heterocycles. The molecule has 0 radical (unpaired) electrons. The molecule has 4 rings (SSSR count). The number of piperidine rings is 1. The summed E-state index contributed by atoms with van der Waals surface area (Å²) in [6.45, 7) is 5.36. The van der Waals surface area contributed by atoms with E-state index in [1.807, 2.05) is 30.9 Å². The number of pyridine rings is 1. The van der Waals surface area contributed by atoms with Crippen LogP contribution in [0.15, 0.2) is 35.4 Å². The third-order valence-corrected chi connectivity index (χ3v) is 4.74. The summed E-state index contributed by atoms with van der Waals surface area (Å²) >= 11 is 0. The van der Waals surface area contributed by atoms with Crippen LogP contribution in [-0.4, -0.2) is 53.8 Å². The molecule has 1 fully saturated rings. The van der Waals surface area contributed by atoms with Crippen molar-refractivity contribution >= 4 is 5.91 Å². The number of aromatic nitrogens is 6. The molecule has 0 aliphatic carbocycles. The lowest BCUT2D eigenvalue weighted by molar-refractivity contribution is 0.0698. The molecule has 3 aromatic heterocycles. The van der Waals surface area contributed by atoms with Crippen LogP contribution in [0.25, 0.3) is 5.82 Å². The Morgan fingerprint density at radius 3 is 2.56 bits per heavy atom. The number of carbonyl (C=O) groups is 1. The van der Waals surface area contributed by atoms with Crippen LogP contribution >= 0.6 is 0 Å². The molecule has 140 valence electrons. The molecule has 1 aliphatic rings. The first-order chi connectivity index (χ1) is 13.1. The van der Waals surface area contributed by atoms with E-state index in [1.54, 1.807) is 23.3 Å². The van der Waals surface area contributed by atoms with E-state index in [-0.39, 0.29) is 17.7 Å². The largest absolute Gasteiger partial charge is 0.339 e. The van der Waals surface area contributed by atoms with Gasteiger partial charge < -0.3 is 9.42 Å². The molecule has 0 saturated carbocycles. The Morgan fingerprint density at radius 1 is 1.15 bits per heavy atom. The van der Waals surface area contributed by atoms with Crippen LogP contribution in [0.1, 0.15) is 60.7 Å². The third kappa shape index (κ3) is 3.57. The Bertz CT molecular complexity index is 911. The van der Waals surface area contributed by atoms with Gasteiger partial charge in [-0.3, -0.25) is 9.36 Å². The average Bonchev–Trinajstić information content (AvgIpc) is 3.40. The molecule has 9 heteroatoms. The van der Waals surface area contributed by atoms with Gasteiger partial charge in [0.2, 0.25) is 5.89 Å². The molecule has 0 unspecified atom stereocenters. The Morgan fingerprint density at radius 2 is 1.89 bits per heavy atom. The van der Waals surface area contributed by atoms with Gasteiger partial charge in [-0.05, 0) is 25.0 Å². The number of likely N-dealkylation sites (tertiary alicyclic amines) is 1. The molecular weight excluding hydrogens is 346 g/mol. The second-order valence-electron chi connectivity index (χ2n) is 6.96. The van der Waals surface area contributed by atoms with E-state index in [0.29, 0.717) is 30.5 Å². The van der Waals surface area contributed by atoms with Crippen molar-refractivity contribution < 1.29 is 9.32 Å². The SMILES string of the molecule is CC(C)c1noc(C2CCN(C(=O)c3cccc(-n4cnnc4)n3)CC2)n1. The van der Waals surface area contributed by atoms with E-state index in [0.717, 1.165) is 18.7 Å². The zero-order valence-corrected chi connectivity index (χ0v) is 15.3. The zero-order valence-electron chi connectivity index (χ0n) is 15.3. The molecule has 0 N–H and O–H groups in total. The van der Waals surface area contributed by atoms with Gasteiger partial charge in [0, 0.05) is 24.9 Å². The number of hydrogen-bond acceptors (Lipinski definition) is 7. The predicted molar refractivity (Wildman–Crippen MR) is 95.4 cm³/mol. The normalized spacial score (nSPS) is 15.4. The Hall–Kier alpha value is -3.10. The van der Waals surface area contributed by atoms with Gasteiger partial charge in [0.05, 0.1) is 0 Å². The molecule has 0 aromatic carbocycles. The third-order valence-electron chi connectivity index (χ3n) is 4.74. The standard InChI is InChI=1S/C18H21N7O2/c1-12(2)16-22-17(27-23-16)13-6-8-24(9-7-13)18(26)14-4-3-5-15(21-14)25-10-19-20-11-25/h3-5,10-13H,6-9H2,1-2H3. The molecule has 0 atom stereocenters. The predicted octanol–water partition coefficient (Wildman–Crippen LogP) is 2.19. The van der Waals surface area contributed by atoms with Gasteiger partial charge in [0.1, 0.15) is 24.2 Å². The first-order valence-electron chi connectivity index (χ1n) is 9.06. The van der Waals surface area contributed by atoms with Crippen molar-refractivity contribution in [1.29, 1.82) is 0 Å². The molecule has 4 heterocycles. The molecule has 3 aromatic rings. The number of hydrogen-bond donors (Lipinski definition) is 0. The number of carbonyl (C=O) groups excluding carboxylic acids is 1. The van der Waals surface area contributed by atoms with E-state index in [2.05, 4.69) is 25.3 Å². The highest BCUT2D eigenvalue weighted by molar-refractivity contribution is 5.92. The second-order valence-corrected chi connectivity index (χ2v) is 6.96. The van der Waals surface area contributed by atoms with Crippen LogP contribution < -0.4 is 0 Å². The van der Waals surface area contributed by atoms with Crippen molar-refractivity contribution in [3.63, 3.8) is 0 Å². The summed E-state index contributed by atoms with van der Waals surface area (Å²) in [5, 5.41) is 11.6. The molecule has 27 heavy (non-hydrogen) atoms. The maximum absolute atomic E-state index is 12.8. The van der Waals surface area contributed by atoms with E-state index < -0.39 is 0 Å². The average molecular weight is 367 g/mol. The van der Waals surface area contributed by atoms with E-state index in [9.17, 15) is 4.79 Å². The van der Waals surface area contributed by atoms with Gasteiger partial charge in [-0.15, -0.1) is 10.2 Å². The van der Waals surface area contributed by atoms with E-state index in [4.69, 9.17) is 4.52 Å². The summed E-state index contributed by atoms with van der Waals surface area (Å²) < 4.78 is 7.08. The summed E-state index contributed by atoms with van der Waals surface area (Å²) in [5.74, 6) is 2.40. The van der Waals surface area contributed by atoms with Crippen molar-refractivity contribution in [1.82, 2.24) is 34.8 Å². The lowest BCUT2D eigenvalue weighted by atomic mass is 9.96. The Kier molecular flexibility index (Phi) is 4.66. The van der Waals surface area contributed by atoms with Crippen molar-refractivity contribution in [2.45, 2.75) is 38.5 Å². The van der Waals surface area contributed by atoms with Gasteiger partial charge in [-0.2, -0.15) is 4.98 Å². The first kappa shape index (κ1) is 17.3. The van der Waals surface area contributed by atoms with Gasteiger partial charge in [-0.25, -0.2) is 4.98 Å². The number of amides is 1. The van der Waals surface area contributed by atoms with Crippen LogP contribution in [0.3, 0.4) is 0 Å². The van der Waals surface area contributed by atoms with Gasteiger partial charge in [-0.1, -0.05) is 25.1 Å². The summed E-state index contributed by atoms with van der Waals surface area (Å²) in [5.41, 5.74) is 0.416. The fourth-order valence-electron chi connectivity index (χ4n) is 3.14. The van der Waals surface area contributed by atoms with Crippen molar-refractivity contribution in [2.75, 3.05) is 13.1 Å². The molecule has 0 spiro atoms. The molecule has 1 amide bonds. The minimum atomic E-state index is -0.0724. The monoisotopic (exact) mass is 367 g/mol. The highest BCUT2D eigenvalue weighted by atomic mass is 16.5. The minimum Gasteiger partial charge on any atom is -0.339 e. The highest BCUT2D eigenvalue weighted by Gasteiger charge is 2.28. The highest BCUT2D eigenvalue weighted by Crippen LogP contribution is 2.28. The van der Waals surface area contributed by atoms with Crippen LogP contribution in [0.4, 0.5) is 0 Å². The fourth-order valence-corrected chi connectivity index (χ4v) is 3.14. The van der Waals surface area contributed by atoms with Crippen LogP contribution in [0.5, 0.6) is 0 Å². The van der Waals surface area contributed by atoms with E-state index >= 15 is 0 Å². The smallest absolute Gasteiger partial charge is 0.272 e. The Labute approximate surface area is 156 Å². The van der Waals surface area contributed by atoms with Crippen molar-refractivity contribution in [2.24, 2.45) is 0 Å².